The van der Waals surface area contributed by atoms with Crippen molar-refractivity contribution in [2.24, 2.45) is 0 Å². The summed E-state index contributed by atoms with van der Waals surface area (Å²) in [5, 5.41) is 13.1. The predicted octanol–water partition coefficient (Wildman–Crippen LogP) is 3.26. The molecule has 0 radical (unpaired) electrons. The Morgan fingerprint density at radius 3 is 2.39 bits per heavy atom. The first kappa shape index (κ1) is 15.1. The summed E-state index contributed by atoms with van der Waals surface area (Å²) in [6.07, 6.45) is -0.750. The van der Waals surface area contributed by atoms with E-state index >= 15 is 0 Å². The van der Waals surface area contributed by atoms with Crippen LogP contribution in [0.2, 0.25) is 0 Å². The van der Waals surface area contributed by atoms with Crippen molar-refractivity contribution < 1.29 is 13.9 Å². The molecule has 0 spiro atoms. The van der Waals surface area contributed by atoms with Gasteiger partial charge in [0.2, 0.25) is 0 Å². The van der Waals surface area contributed by atoms with Crippen molar-refractivity contribution in [1.29, 1.82) is 0 Å². The largest absolute Gasteiger partial charge is 0.389 e. The van der Waals surface area contributed by atoms with Crippen molar-refractivity contribution in [3.05, 3.63) is 35.4 Å². The van der Waals surface area contributed by atoms with Gasteiger partial charge in [0.05, 0.1) is 5.60 Å². The standard InChI is InChI=1S/C14H21F2NO/c1-3-8-14(2,18)10-17-9-11-4-6-12(7-5-11)13(15)16/h4-7,13,17-18H,3,8-10H2,1-2H3. The van der Waals surface area contributed by atoms with Gasteiger partial charge in [-0.25, -0.2) is 8.78 Å². The van der Waals surface area contributed by atoms with Crippen LogP contribution in [0, 0.1) is 0 Å². The highest BCUT2D eigenvalue weighted by Gasteiger charge is 2.17. The number of hydrogen-bond acceptors (Lipinski definition) is 2. The van der Waals surface area contributed by atoms with Gasteiger partial charge in [-0.05, 0) is 18.9 Å². The van der Waals surface area contributed by atoms with Crippen molar-refractivity contribution in [3.8, 4) is 0 Å². The molecular weight excluding hydrogens is 236 g/mol. The van der Waals surface area contributed by atoms with E-state index in [1.165, 1.54) is 12.1 Å². The van der Waals surface area contributed by atoms with Gasteiger partial charge in [-0.15, -0.1) is 0 Å². The van der Waals surface area contributed by atoms with Gasteiger partial charge >= 0.3 is 0 Å². The quantitative estimate of drug-likeness (QED) is 0.785. The Morgan fingerprint density at radius 1 is 1.28 bits per heavy atom. The van der Waals surface area contributed by atoms with Crippen molar-refractivity contribution in [2.75, 3.05) is 6.54 Å². The number of alkyl halides is 2. The second-order valence-electron chi connectivity index (χ2n) is 4.89. The van der Waals surface area contributed by atoms with Crippen LogP contribution in [0.5, 0.6) is 0 Å². The first-order valence-electron chi connectivity index (χ1n) is 6.24. The Morgan fingerprint density at radius 2 is 1.89 bits per heavy atom. The number of rotatable bonds is 7. The summed E-state index contributed by atoms with van der Waals surface area (Å²) in [5.74, 6) is 0. The van der Waals surface area contributed by atoms with E-state index in [1.54, 1.807) is 19.1 Å². The molecule has 0 heterocycles. The maximum absolute atomic E-state index is 12.3. The fourth-order valence-electron chi connectivity index (χ4n) is 1.88. The molecule has 1 aromatic rings. The SMILES string of the molecule is CCCC(C)(O)CNCc1ccc(C(F)F)cc1. The lowest BCUT2D eigenvalue weighted by atomic mass is 10.0. The predicted molar refractivity (Wildman–Crippen MR) is 68.6 cm³/mol. The Kier molecular flexibility index (Phi) is 5.69. The van der Waals surface area contributed by atoms with Gasteiger partial charge < -0.3 is 10.4 Å². The highest BCUT2D eigenvalue weighted by molar-refractivity contribution is 5.23. The summed E-state index contributed by atoms with van der Waals surface area (Å²) in [4.78, 5) is 0. The first-order chi connectivity index (χ1) is 8.44. The highest BCUT2D eigenvalue weighted by Crippen LogP contribution is 2.18. The fourth-order valence-corrected chi connectivity index (χ4v) is 1.88. The number of nitrogens with one attached hydrogen (secondary N) is 1. The van der Waals surface area contributed by atoms with Crippen LogP contribution >= 0.6 is 0 Å². The molecule has 0 saturated heterocycles. The molecule has 18 heavy (non-hydrogen) atoms. The molecule has 0 bridgehead atoms. The maximum Gasteiger partial charge on any atom is 0.263 e. The van der Waals surface area contributed by atoms with E-state index in [4.69, 9.17) is 0 Å². The van der Waals surface area contributed by atoms with E-state index in [1.807, 2.05) is 6.92 Å². The summed E-state index contributed by atoms with van der Waals surface area (Å²) in [5.41, 5.74) is 0.265. The van der Waals surface area contributed by atoms with E-state index in [-0.39, 0.29) is 5.56 Å². The van der Waals surface area contributed by atoms with Crippen molar-refractivity contribution >= 4 is 0 Å². The molecule has 2 N–H and O–H groups in total. The van der Waals surface area contributed by atoms with Crippen LogP contribution in [0.1, 0.15) is 44.2 Å². The van der Waals surface area contributed by atoms with Crippen LogP contribution in [0.25, 0.3) is 0 Å². The van der Waals surface area contributed by atoms with Crippen molar-refractivity contribution in [3.63, 3.8) is 0 Å². The van der Waals surface area contributed by atoms with E-state index in [9.17, 15) is 13.9 Å². The maximum atomic E-state index is 12.3. The monoisotopic (exact) mass is 257 g/mol. The van der Waals surface area contributed by atoms with E-state index in [0.29, 0.717) is 13.1 Å². The molecule has 1 unspecified atom stereocenters. The molecule has 1 aromatic carbocycles. The third-order valence-electron chi connectivity index (χ3n) is 2.86. The van der Waals surface area contributed by atoms with Crippen molar-refractivity contribution in [1.82, 2.24) is 5.32 Å². The van der Waals surface area contributed by atoms with Gasteiger partial charge in [-0.3, -0.25) is 0 Å². The molecule has 1 atom stereocenters. The third kappa shape index (κ3) is 5.10. The fraction of sp³-hybridized carbons (Fsp3) is 0.571. The molecule has 0 amide bonds. The molecule has 0 aliphatic rings. The topological polar surface area (TPSA) is 32.3 Å². The molecule has 0 aliphatic heterocycles. The molecular formula is C14H21F2NO. The number of benzene rings is 1. The second-order valence-corrected chi connectivity index (χ2v) is 4.89. The number of aliphatic hydroxyl groups is 1. The van der Waals surface area contributed by atoms with Crippen LogP contribution < -0.4 is 5.32 Å². The number of halogens is 2. The minimum atomic E-state index is -2.42. The van der Waals surface area contributed by atoms with Gasteiger partial charge in [0.15, 0.2) is 0 Å². The van der Waals surface area contributed by atoms with Crippen LogP contribution in [0.4, 0.5) is 8.78 Å². The lowest BCUT2D eigenvalue weighted by Gasteiger charge is -2.23. The first-order valence-corrected chi connectivity index (χ1v) is 6.24. The Balaban J connectivity index is 2.40. The lowest BCUT2D eigenvalue weighted by molar-refractivity contribution is 0.0498. The van der Waals surface area contributed by atoms with Crippen LogP contribution in [0.3, 0.4) is 0 Å². The Hall–Kier alpha value is -1.00. The molecule has 2 nitrogen and oxygen atoms in total. The van der Waals surface area contributed by atoms with Crippen molar-refractivity contribution in [2.45, 2.75) is 45.3 Å². The third-order valence-corrected chi connectivity index (χ3v) is 2.86. The van der Waals surface area contributed by atoms with Gasteiger partial charge in [0.1, 0.15) is 0 Å². The van der Waals surface area contributed by atoms with E-state index in [0.717, 1.165) is 18.4 Å². The molecule has 4 heteroatoms. The lowest BCUT2D eigenvalue weighted by Crippen LogP contribution is -2.37. The van der Waals surface area contributed by atoms with Gasteiger partial charge in [-0.1, -0.05) is 37.6 Å². The van der Waals surface area contributed by atoms with E-state index in [2.05, 4.69) is 5.32 Å². The molecule has 0 aliphatic carbocycles. The Labute approximate surface area is 107 Å². The minimum Gasteiger partial charge on any atom is -0.389 e. The molecule has 102 valence electrons. The second kappa shape index (κ2) is 6.81. The molecule has 0 fully saturated rings. The summed E-state index contributed by atoms with van der Waals surface area (Å²) in [7, 11) is 0. The van der Waals surface area contributed by atoms with Crippen LogP contribution in [-0.2, 0) is 6.54 Å². The highest BCUT2D eigenvalue weighted by atomic mass is 19.3. The average Bonchev–Trinajstić information content (AvgIpc) is 2.29. The zero-order valence-electron chi connectivity index (χ0n) is 10.9. The molecule has 0 saturated carbocycles. The Bertz CT molecular complexity index is 349. The summed E-state index contributed by atoms with van der Waals surface area (Å²) in [6, 6.07) is 6.24. The summed E-state index contributed by atoms with van der Waals surface area (Å²) < 4.78 is 24.7. The van der Waals surface area contributed by atoms with Crippen LogP contribution in [-0.4, -0.2) is 17.3 Å². The van der Waals surface area contributed by atoms with Crippen LogP contribution in [0.15, 0.2) is 24.3 Å². The molecule has 0 aromatic heterocycles. The zero-order chi connectivity index (χ0) is 13.6. The zero-order valence-corrected chi connectivity index (χ0v) is 10.9. The van der Waals surface area contributed by atoms with Gasteiger partial charge in [0.25, 0.3) is 6.43 Å². The summed E-state index contributed by atoms with van der Waals surface area (Å²) in [6.45, 7) is 4.89. The smallest absolute Gasteiger partial charge is 0.263 e. The normalized spacial score (nSPS) is 14.8. The minimum absolute atomic E-state index is 0.0386. The van der Waals surface area contributed by atoms with E-state index < -0.39 is 12.0 Å². The van der Waals surface area contributed by atoms with Gasteiger partial charge in [0, 0.05) is 18.7 Å². The number of hydrogen-bond donors (Lipinski definition) is 2. The summed E-state index contributed by atoms with van der Waals surface area (Å²) >= 11 is 0. The van der Waals surface area contributed by atoms with Gasteiger partial charge in [-0.2, -0.15) is 0 Å². The molecule has 1 rings (SSSR count). The average molecular weight is 257 g/mol.